The lowest BCUT2D eigenvalue weighted by molar-refractivity contribution is 0.597. The minimum absolute atomic E-state index is 0.0184. The molecule has 6 nitrogen and oxygen atoms in total. The molecule has 1 heterocycles. The summed E-state index contributed by atoms with van der Waals surface area (Å²) in [5, 5.41) is 1.90. The molecule has 102 valence electrons. The van der Waals surface area contributed by atoms with Crippen LogP contribution in [0.15, 0.2) is 45.6 Å². The van der Waals surface area contributed by atoms with Crippen LogP contribution >= 0.6 is 11.3 Å². The van der Waals surface area contributed by atoms with E-state index < -0.39 is 19.9 Å². The van der Waals surface area contributed by atoms with Crippen molar-refractivity contribution in [3.8, 4) is 0 Å². The van der Waals surface area contributed by atoms with Crippen molar-refractivity contribution in [1.82, 2.24) is 4.98 Å². The van der Waals surface area contributed by atoms with Gasteiger partial charge in [-0.25, -0.2) is 21.8 Å². The van der Waals surface area contributed by atoms with Crippen molar-refractivity contribution < 1.29 is 16.8 Å². The molecule has 0 aliphatic heterocycles. The van der Waals surface area contributed by atoms with Crippen LogP contribution in [0.1, 0.15) is 0 Å². The van der Waals surface area contributed by atoms with E-state index in [1.165, 1.54) is 30.5 Å². The summed E-state index contributed by atoms with van der Waals surface area (Å²) in [6, 6.07) is 5.00. The molecule has 2 rings (SSSR count). The highest BCUT2D eigenvalue weighted by Crippen LogP contribution is 2.19. The van der Waals surface area contributed by atoms with E-state index in [1.807, 2.05) is 0 Å². The minimum Gasteiger partial charge on any atom is -0.255 e. The van der Waals surface area contributed by atoms with E-state index in [9.17, 15) is 16.8 Å². The second-order valence-electron chi connectivity index (χ2n) is 3.69. The first kappa shape index (κ1) is 14.0. The fourth-order valence-electron chi connectivity index (χ4n) is 1.31. The van der Waals surface area contributed by atoms with Crippen LogP contribution in [0.2, 0.25) is 0 Å². The van der Waals surface area contributed by atoms with Gasteiger partial charge in [0.2, 0.25) is 0 Å². The van der Waals surface area contributed by atoms with Gasteiger partial charge in [0.1, 0.15) is 0 Å². The summed E-state index contributed by atoms with van der Waals surface area (Å²) in [7, 11) is -7.08. The molecule has 0 saturated carbocycles. The van der Waals surface area contributed by atoms with Gasteiger partial charge in [0.05, 0.1) is 9.79 Å². The number of rotatable bonds is 4. The second kappa shape index (κ2) is 4.91. The van der Waals surface area contributed by atoms with Crippen molar-refractivity contribution in [2.45, 2.75) is 9.79 Å². The van der Waals surface area contributed by atoms with Gasteiger partial charge in [-0.2, -0.15) is 0 Å². The first-order valence-electron chi connectivity index (χ1n) is 5.01. The third-order valence-corrected chi connectivity index (χ3v) is 5.52. The third-order valence-electron chi connectivity index (χ3n) is 2.22. The zero-order valence-corrected chi connectivity index (χ0v) is 12.2. The number of thiazole rings is 1. The molecule has 1 aromatic heterocycles. The predicted molar refractivity (Wildman–Crippen MR) is 72.5 cm³/mol. The van der Waals surface area contributed by atoms with Crippen molar-refractivity contribution in [3.63, 3.8) is 0 Å². The van der Waals surface area contributed by atoms with Crippen LogP contribution < -0.4 is 4.72 Å². The number of sulfone groups is 1. The van der Waals surface area contributed by atoms with Crippen molar-refractivity contribution in [1.29, 1.82) is 0 Å². The number of aromatic nitrogens is 1. The van der Waals surface area contributed by atoms with Gasteiger partial charge in [-0.3, -0.25) is 4.72 Å². The number of hydrogen-bond acceptors (Lipinski definition) is 6. The zero-order chi connectivity index (χ0) is 14.1. The van der Waals surface area contributed by atoms with Crippen LogP contribution in [0.5, 0.6) is 0 Å². The summed E-state index contributed by atoms with van der Waals surface area (Å²) in [4.78, 5) is 3.87. The Balaban J connectivity index is 2.32. The smallest absolute Gasteiger partial charge is 0.255 e. The highest BCUT2D eigenvalue weighted by Gasteiger charge is 2.16. The molecule has 0 aliphatic rings. The quantitative estimate of drug-likeness (QED) is 0.918. The van der Waals surface area contributed by atoms with E-state index in [-0.39, 0.29) is 14.9 Å². The van der Waals surface area contributed by atoms with Crippen LogP contribution in [0.3, 0.4) is 0 Å². The monoisotopic (exact) mass is 318 g/mol. The van der Waals surface area contributed by atoms with E-state index in [0.29, 0.717) is 0 Å². The number of sulfonamides is 1. The fraction of sp³-hybridized carbons (Fsp3) is 0.100. The summed E-state index contributed by atoms with van der Waals surface area (Å²) < 4.78 is 48.8. The van der Waals surface area contributed by atoms with Gasteiger partial charge >= 0.3 is 0 Å². The third kappa shape index (κ3) is 3.31. The van der Waals surface area contributed by atoms with Crippen LogP contribution in [0, 0.1) is 0 Å². The summed E-state index contributed by atoms with van der Waals surface area (Å²) in [5.74, 6) is 0. The Bertz CT molecular complexity index is 763. The molecule has 9 heteroatoms. The van der Waals surface area contributed by atoms with Crippen molar-refractivity contribution >= 4 is 36.3 Å². The van der Waals surface area contributed by atoms with E-state index in [0.717, 1.165) is 17.6 Å². The summed E-state index contributed by atoms with van der Waals surface area (Å²) >= 11 is 1.15. The van der Waals surface area contributed by atoms with Gasteiger partial charge in [-0.15, -0.1) is 11.3 Å². The Labute approximate surface area is 115 Å². The Hall–Kier alpha value is -1.45. The van der Waals surface area contributed by atoms with Gasteiger partial charge in [0, 0.05) is 17.8 Å². The van der Waals surface area contributed by atoms with Crippen LogP contribution in [-0.2, 0) is 19.9 Å². The molecule has 19 heavy (non-hydrogen) atoms. The molecular formula is C10H10N2O4S3. The normalized spacial score (nSPS) is 12.3. The van der Waals surface area contributed by atoms with Crippen molar-refractivity contribution in [2.75, 3.05) is 11.0 Å². The zero-order valence-electron chi connectivity index (χ0n) is 9.77. The number of nitrogens with one attached hydrogen (secondary N) is 1. The first-order chi connectivity index (χ1) is 8.79. The van der Waals surface area contributed by atoms with E-state index in [4.69, 9.17) is 0 Å². The maximum atomic E-state index is 12.0. The first-order valence-corrected chi connectivity index (χ1v) is 9.27. The van der Waals surface area contributed by atoms with Gasteiger partial charge < -0.3 is 0 Å². The maximum Gasteiger partial charge on any atom is 0.263 e. The highest BCUT2D eigenvalue weighted by molar-refractivity contribution is 7.93. The van der Waals surface area contributed by atoms with Crippen molar-refractivity contribution in [3.05, 3.63) is 35.8 Å². The molecular weight excluding hydrogens is 308 g/mol. The number of anilines is 1. The standard InChI is InChI=1S/C10H10N2O4S3/c1-18(13,14)8-2-4-9(5-3-8)19(15,16)12-10-11-6-7-17-10/h2-7H,1H3,(H,11,12). The summed E-state index contributed by atoms with van der Waals surface area (Å²) in [5.41, 5.74) is 0. The molecule has 0 unspecified atom stereocenters. The van der Waals surface area contributed by atoms with Crippen molar-refractivity contribution in [2.24, 2.45) is 0 Å². The van der Waals surface area contributed by atoms with Gasteiger partial charge in [0.25, 0.3) is 10.0 Å². The lowest BCUT2D eigenvalue weighted by Crippen LogP contribution is -2.12. The highest BCUT2D eigenvalue weighted by atomic mass is 32.2. The minimum atomic E-state index is -3.74. The Morgan fingerprint density at radius 3 is 2.11 bits per heavy atom. The largest absolute Gasteiger partial charge is 0.263 e. The Morgan fingerprint density at radius 2 is 1.63 bits per heavy atom. The lowest BCUT2D eigenvalue weighted by Gasteiger charge is -2.05. The summed E-state index contributed by atoms with van der Waals surface area (Å²) in [6.45, 7) is 0. The molecule has 0 amide bonds. The van der Waals surface area contributed by atoms with Crippen LogP contribution in [0.4, 0.5) is 5.13 Å². The molecule has 0 aliphatic carbocycles. The van der Waals surface area contributed by atoms with Gasteiger partial charge in [-0.1, -0.05) is 0 Å². The van der Waals surface area contributed by atoms with E-state index in [2.05, 4.69) is 9.71 Å². The van der Waals surface area contributed by atoms with Crippen LogP contribution in [0.25, 0.3) is 0 Å². The molecule has 2 aromatic rings. The molecule has 0 saturated heterocycles. The maximum absolute atomic E-state index is 12.0. The van der Waals surface area contributed by atoms with E-state index >= 15 is 0 Å². The average molecular weight is 318 g/mol. The summed E-state index contributed by atoms with van der Waals surface area (Å²) in [6.07, 6.45) is 2.54. The number of benzene rings is 1. The Kier molecular flexibility index (Phi) is 3.61. The Morgan fingerprint density at radius 1 is 1.05 bits per heavy atom. The van der Waals surface area contributed by atoms with E-state index in [1.54, 1.807) is 5.38 Å². The van der Waals surface area contributed by atoms with Crippen LogP contribution in [-0.4, -0.2) is 28.1 Å². The number of hydrogen-bond donors (Lipinski definition) is 1. The van der Waals surface area contributed by atoms with Gasteiger partial charge in [0.15, 0.2) is 15.0 Å². The lowest BCUT2D eigenvalue weighted by atomic mass is 10.4. The SMILES string of the molecule is CS(=O)(=O)c1ccc(S(=O)(=O)Nc2nccs2)cc1. The topological polar surface area (TPSA) is 93.2 Å². The molecule has 0 radical (unpaired) electrons. The molecule has 0 bridgehead atoms. The number of nitrogens with zero attached hydrogens (tertiary/aromatic N) is 1. The predicted octanol–water partition coefficient (Wildman–Crippen LogP) is 1.35. The second-order valence-corrected chi connectivity index (χ2v) is 8.28. The van der Waals surface area contributed by atoms with Gasteiger partial charge in [-0.05, 0) is 24.3 Å². The molecule has 1 aromatic carbocycles. The molecule has 0 atom stereocenters. The average Bonchev–Trinajstić information content (AvgIpc) is 2.80. The molecule has 0 fully saturated rings. The fourth-order valence-corrected chi connectivity index (χ4v) is 3.73. The molecule has 0 spiro atoms. The molecule has 1 N–H and O–H groups in total.